The van der Waals surface area contributed by atoms with Gasteiger partial charge in [0, 0.05) is 6.04 Å². The van der Waals surface area contributed by atoms with Gasteiger partial charge in [0.25, 0.3) is 0 Å². The molecule has 0 fully saturated rings. The summed E-state index contributed by atoms with van der Waals surface area (Å²) < 4.78 is 28.6. The molecule has 86 valence electrons. The summed E-state index contributed by atoms with van der Waals surface area (Å²) in [5.41, 5.74) is 10.3. The Bertz CT molecular complexity index is 274. The molecule has 0 rings (SSSR count). The fourth-order valence-electron chi connectivity index (χ4n) is 0.403. The van der Waals surface area contributed by atoms with Crippen LogP contribution in [0.2, 0.25) is 0 Å². The van der Waals surface area contributed by atoms with Gasteiger partial charge in [-0.15, -0.1) is 0 Å². The van der Waals surface area contributed by atoms with Crippen LogP contribution in [0.3, 0.4) is 0 Å². The SMILES string of the molecule is CC(N)C(N)OP(=O)(O)OP(=O)(O)O. The second kappa shape index (κ2) is 4.80. The highest BCUT2D eigenvalue weighted by atomic mass is 31.3. The van der Waals surface area contributed by atoms with E-state index in [0.29, 0.717) is 0 Å². The average Bonchev–Trinajstić information content (AvgIpc) is 1.78. The van der Waals surface area contributed by atoms with Crippen molar-refractivity contribution in [2.45, 2.75) is 19.2 Å². The molecule has 0 aromatic heterocycles. The van der Waals surface area contributed by atoms with Crippen LogP contribution in [-0.4, -0.2) is 26.9 Å². The lowest BCUT2D eigenvalue weighted by Crippen LogP contribution is -2.40. The zero-order chi connectivity index (χ0) is 11.6. The number of hydrogen-bond donors (Lipinski definition) is 5. The topological polar surface area (TPSA) is 165 Å². The summed E-state index contributed by atoms with van der Waals surface area (Å²) in [5, 5.41) is 0. The third-order valence-corrected chi connectivity index (χ3v) is 3.17. The van der Waals surface area contributed by atoms with E-state index in [1.54, 1.807) is 0 Å². The molecule has 0 aliphatic rings. The van der Waals surface area contributed by atoms with Crippen LogP contribution in [-0.2, 0) is 18.0 Å². The summed E-state index contributed by atoms with van der Waals surface area (Å²) in [6.45, 7) is 1.38. The maximum atomic E-state index is 10.8. The van der Waals surface area contributed by atoms with Crippen molar-refractivity contribution in [1.29, 1.82) is 0 Å². The number of hydrogen-bond acceptors (Lipinski definition) is 6. The van der Waals surface area contributed by atoms with Crippen molar-refractivity contribution in [2.24, 2.45) is 11.5 Å². The zero-order valence-corrected chi connectivity index (χ0v) is 8.97. The predicted molar refractivity (Wildman–Crippen MR) is 45.7 cm³/mol. The Hall–Kier alpha value is 0.180. The first kappa shape index (κ1) is 14.2. The van der Waals surface area contributed by atoms with Crippen LogP contribution in [0, 0.1) is 0 Å². The van der Waals surface area contributed by atoms with E-state index in [9.17, 15) is 9.13 Å². The van der Waals surface area contributed by atoms with E-state index in [2.05, 4.69) is 8.83 Å². The minimum Gasteiger partial charge on any atom is -0.325 e. The highest BCUT2D eigenvalue weighted by Gasteiger charge is 2.34. The second-order valence-corrected chi connectivity index (χ2v) is 5.25. The first-order valence-electron chi connectivity index (χ1n) is 3.33. The largest absolute Gasteiger partial charge is 0.482 e. The fraction of sp³-hybridized carbons (Fsp3) is 1.00. The molecule has 11 heteroatoms. The van der Waals surface area contributed by atoms with Gasteiger partial charge in [-0.1, -0.05) is 0 Å². The van der Waals surface area contributed by atoms with E-state index < -0.39 is 27.9 Å². The van der Waals surface area contributed by atoms with Crippen LogP contribution in [0.15, 0.2) is 0 Å². The molecule has 0 saturated carbocycles. The predicted octanol–water partition coefficient (Wildman–Crippen LogP) is -1.16. The Balaban J connectivity index is 4.36. The Labute approximate surface area is 79.9 Å². The molecule has 9 nitrogen and oxygen atoms in total. The van der Waals surface area contributed by atoms with E-state index in [1.807, 2.05) is 0 Å². The van der Waals surface area contributed by atoms with E-state index in [1.165, 1.54) is 6.92 Å². The highest BCUT2D eigenvalue weighted by molar-refractivity contribution is 7.60. The highest BCUT2D eigenvalue weighted by Crippen LogP contribution is 2.57. The second-order valence-electron chi connectivity index (χ2n) is 2.47. The fourth-order valence-corrected chi connectivity index (χ4v) is 2.13. The molecule has 0 radical (unpaired) electrons. The quantitative estimate of drug-likeness (QED) is 0.299. The van der Waals surface area contributed by atoms with E-state index in [0.717, 1.165) is 0 Å². The molecule has 3 unspecified atom stereocenters. The van der Waals surface area contributed by atoms with Crippen LogP contribution in [0.1, 0.15) is 6.92 Å². The van der Waals surface area contributed by atoms with E-state index >= 15 is 0 Å². The van der Waals surface area contributed by atoms with Crippen LogP contribution >= 0.6 is 15.6 Å². The number of phosphoric acid groups is 2. The molecule has 0 aromatic rings. The lowest BCUT2D eigenvalue weighted by Gasteiger charge is -2.19. The molecule has 0 saturated heterocycles. The van der Waals surface area contributed by atoms with Gasteiger partial charge in [0.05, 0.1) is 0 Å². The van der Waals surface area contributed by atoms with Crippen LogP contribution in [0.4, 0.5) is 0 Å². The lowest BCUT2D eigenvalue weighted by molar-refractivity contribution is 0.117. The molecule has 0 aliphatic carbocycles. The van der Waals surface area contributed by atoms with Gasteiger partial charge in [0.2, 0.25) is 0 Å². The Morgan fingerprint density at radius 2 is 1.64 bits per heavy atom. The molecule has 3 atom stereocenters. The summed E-state index contributed by atoms with van der Waals surface area (Å²) in [6.07, 6.45) is -1.36. The normalized spacial score (nSPS) is 21.3. The first-order chi connectivity index (χ1) is 6.03. The minimum atomic E-state index is -5.11. The van der Waals surface area contributed by atoms with Gasteiger partial charge in [-0.3, -0.25) is 4.52 Å². The maximum absolute atomic E-state index is 10.8. The first-order valence-corrected chi connectivity index (χ1v) is 6.35. The maximum Gasteiger partial charge on any atom is 0.482 e. The smallest absolute Gasteiger partial charge is 0.325 e. The van der Waals surface area contributed by atoms with Crippen molar-refractivity contribution in [1.82, 2.24) is 0 Å². The van der Waals surface area contributed by atoms with Crippen molar-refractivity contribution in [3.8, 4) is 0 Å². The third-order valence-electron chi connectivity index (χ3n) is 0.983. The molecule has 0 amide bonds. The third kappa shape index (κ3) is 6.61. The van der Waals surface area contributed by atoms with Crippen molar-refractivity contribution in [2.75, 3.05) is 0 Å². The van der Waals surface area contributed by atoms with Gasteiger partial charge in [-0.2, -0.15) is 4.31 Å². The number of rotatable bonds is 5. The summed E-state index contributed by atoms with van der Waals surface area (Å²) in [5.74, 6) is 0. The standard InChI is InChI=1S/C3H12N2O7P2/c1-2(4)3(5)11-14(9,10)12-13(6,7)8/h2-3H,4-5H2,1H3,(H,9,10)(H2,6,7,8). The summed E-state index contributed by atoms with van der Waals surface area (Å²) in [7, 11) is -10.0. The molecular formula is C3H12N2O7P2. The van der Waals surface area contributed by atoms with Gasteiger partial charge in [0.1, 0.15) is 6.23 Å². The molecular weight excluding hydrogens is 238 g/mol. The molecule has 0 bridgehead atoms. The van der Waals surface area contributed by atoms with Crippen molar-refractivity contribution in [3.05, 3.63) is 0 Å². The van der Waals surface area contributed by atoms with Gasteiger partial charge >= 0.3 is 15.6 Å². The molecule has 0 aromatic carbocycles. The molecule has 7 N–H and O–H groups in total. The van der Waals surface area contributed by atoms with Gasteiger partial charge < -0.3 is 26.1 Å². The minimum absolute atomic E-state index is 0.796. The Morgan fingerprint density at radius 1 is 1.21 bits per heavy atom. The van der Waals surface area contributed by atoms with Crippen LogP contribution < -0.4 is 11.5 Å². The number of phosphoric ester groups is 1. The average molecular weight is 250 g/mol. The Morgan fingerprint density at radius 3 is 1.93 bits per heavy atom. The molecule has 0 heterocycles. The van der Waals surface area contributed by atoms with Gasteiger partial charge in [-0.25, -0.2) is 9.13 Å². The summed E-state index contributed by atoms with van der Waals surface area (Å²) in [6, 6.07) is -0.796. The van der Waals surface area contributed by atoms with Gasteiger partial charge in [0.15, 0.2) is 0 Å². The summed E-state index contributed by atoms with van der Waals surface area (Å²) >= 11 is 0. The van der Waals surface area contributed by atoms with E-state index in [-0.39, 0.29) is 0 Å². The van der Waals surface area contributed by atoms with Crippen molar-refractivity contribution >= 4 is 15.6 Å². The van der Waals surface area contributed by atoms with Crippen molar-refractivity contribution < 1.29 is 32.6 Å². The monoisotopic (exact) mass is 250 g/mol. The molecule has 0 spiro atoms. The molecule has 0 aliphatic heterocycles. The molecule has 14 heavy (non-hydrogen) atoms. The lowest BCUT2D eigenvalue weighted by atomic mass is 10.3. The Kier molecular flexibility index (Phi) is 4.86. The van der Waals surface area contributed by atoms with E-state index in [4.69, 9.17) is 26.1 Å². The zero-order valence-electron chi connectivity index (χ0n) is 7.18. The van der Waals surface area contributed by atoms with Crippen LogP contribution in [0.25, 0.3) is 0 Å². The summed E-state index contributed by atoms with van der Waals surface area (Å²) in [4.78, 5) is 25.2. The van der Waals surface area contributed by atoms with Crippen LogP contribution in [0.5, 0.6) is 0 Å². The number of nitrogens with two attached hydrogens (primary N) is 2. The van der Waals surface area contributed by atoms with Crippen molar-refractivity contribution in [3.63, 3.8) is 0 Å². The van der Waals surface area contributed by atoms with Gasteiger partial charge in [-0.05, 0) is 6.92 Å².